The van der Waals surface area contributed by atoms with Crippen LogP contribution in [0.15, 0.2) is 91.1 Å². The van der Waals surface area contributed by atoms with Crippen molar-refractivity contribution in [1.82, 2.24) is 9.55 Å². The Morgan fingerprint density at radius 2 is 1.24 bits per heavy atom. The number of hydrogen-bond donors (Lipinski definition) is 0. The summed E-state index contributed by atoms with van der Waals surface area (Å²) in [7, 11) is 0. The predicted octanol–water partition coefficient (Wildman–Crippen LogP) is 6.86. The van der Waals surface area contributed by atoms with Crippen molar-refractivity contribution in [3.05, 3.63) is 96.7 Å². The van der Waals surface area contributed by atoms with Crippen molar-refractivity contribution in [2.45, 2.75) is 6.18 Å². The Bertz CT molecular complexity index is 1260. The standard InChI is InChI=1S/C24H15F3N2/c25-24(26,27)17-11-14-21(28-15-17)16-9-12-18(13-10-16)29-22-7-3-1-5-19(22)20-6-2-4-8-23(20)29/h1-15H. The van der Waals surface area contributed by atoms with Gasteiger partial charge in [0.2, 0.25) is 0 Å². The molecule has 5 heteroatoms. The second-order valence-corrected chi connectivity index (χ2v) is 6.85. The van der Waals surface area contributed by atoms with Gasteiger partial charge in [0, 0.05) is 28.2 Å². The molecule has 0 aliphatic carbocycles. The van der Waals surface area contributed by atoms with Gasteiger partial charge in [-0.2, -0.15) is 13.2 Å². The van der Waals surface area contributed by atoms with Gasteiger partial charge in [-0.3, -0.25) is 4.98 Å². The molecule has 5 rings (SSSR count). The van der Waals surface area contributed by atoms with Crippen LogP contribution in [0.25, 0.3) is 38.8 Å². The second-order valence-electron chi connectivity index (χ2n) is 6.85. The molecule has 0 spiro atoms. The molecule has 0 saturated carbocycles. The van der Waals surface area contributed by atoms with E-state index in [1.807, 2.05) is 48.5 Å². The zero-order valence-electron chi connectivity index (χ0n) is 15.2. The number of alkyl halides is 3. The third-order valence-corrected chi connectivity index (χ3v) is 5.09. The van der Waals surface area contributed by atoms with Gasteiger partial charge in [-0.1, -0.05) is 48.5 Å². The number of halogens is 3. The lowest BCUT2D eigenvalue weighted by Crippen LogP contribution is -2.05. The summed E-state index contributed by atoms with van der Waals surface area (Å²) in [5.74, 6) is 0. The largest absolute Gasteiger partial charge is 0.417 e. The van der Waals surface area contributed by atoms with Gasteiger partial charge in [0.25, 0.3) is 0 Å². The topological polar surface area (TPSA) is 17.8 Å². The fraction of sp³-hybridized carbons (Fsp3) is 0.0417. The normalized spacial score (nSPS) is 12.0. The molecule has 0 radical (unpaired) electrons. The lowest BCUT2D eigenvalue weighted by atomic mass is 10.1. The van der Waals surface area contributed by atoms with Gasteiger partial charge in [-0.25, -0.2) is 0 Å². The molecule has 2 heterocycles. The quantitative estimate of drug-likeness (QED) is 0.323. The van der Waals surface area contributed by atoms with E-state index in [0.717, 1.165) is 34.5 Å². The van der Waals surface area contributed by atoms with Crippen LogP contribution in [0.5, 0.6) is 0 Å². The van der Waals surface area contributed by atoms with Crippen LogP contribution >= 0.6 is 0 Å². The molecule has 0 unspecified atom stereocenters. The van der Waals surface area contributed by atoms with Crippen molar-refractivity contribution in [3.63, 3.8) is 0 Å². The molecule has 0 aliphatic rings. The zero-order valence-corrected chi connectivity index (χ0v) is 15.2. The molecule has 0 fully saturated rings. The molecule has 0 N–H and O–H groups in total. The molecular formula is C24H15F3N2. The minimum Gasteiger partial charge on any atom is -0.309 e. The van der Waals surface area contributed by atoms with Crippen molar-refractivity contribution in [2.75, 3.05) is 0 Å². The summed E-state index contributed by atoms with van der Waals surface area (Å²) < 4.78 is 40.4. The molecule has 29 heavy (non-hydrogen) atoms. The van der Waals surface area contributed by atoms with Gasteiger partial charge in [0.15, 0.2) is 0 Å². The van der Waals surface area contributed by atoms with Crippen LogP contribution < -0.4 is 0 Å². The van der Waals surface area contributed by atoms with E-state index < -0.39 is 11.7 Å². The highest BCUT2D eigenvalue weighted by atomic mass is 19.4. The monoisotopic (exact) mass is 388 g/mol. The molecule has 0 amide bonds. The van der Waals surface area contributed by atoms with Crippen LogP contribution in [-0.4, -0.2) is 9.55 Å². The molecule has 5 aromatic rings. The van der Waals surface area contributed by atoms with Crippen LogP contribution in [-0.2, 0) is 6.18 Å². The number of fused-ring (bicyclic) bond motifs is 3. The first-order chi connectivity index (χ1) is 14.0. The first-order valence-corrected chi connectivity index (χ1v) is 9.14. The minimum absolute atomic E-state index is 0.506. The highest BCUT2D eigenvalue weighted by Gasteiger charge is 2.30. The predicted molar refractivity (Wildman–Crippen MR) is 109 cm³/mol. The Morgan fingerprint density at radius 1 is 0.655 bits per heavy atom. The maximum absolute atomic E-state index is 12.7. The van der Waals surface area contributed by atoms with Crippen molar-refractivity contribution >= 4 is 21.8 Å². The summed E-state index contributed by atoms with van der Waals surface area (Å²) >= 11 is 0. The van der Waals surface area contributed by atoms with E-state index in [-0.39, 0.29) is 0 Å². The fourth-order valence-electron chi connectivity index (χ4n) is 3.71. The Balaban J connectivity index is 1.59. The van der Waals surface area contributed by atoms with Crippen LogP contribution in [0.3, 0.4) is 0 Å². The molecule has 2 aromatic heterocycles. The summed E-state index contributed by atoms with van der Waals surface area (Å²) in [6, 6.07) is 26.6. The Hall–Kier alpha value is -3.60. The first-order valence-electron chi connectivity index (χ1n) is 9.14. The average molecular weight is 388 g/mol. The smallest absolute Gasteiger partial charge is 0.309 e. The van der Waals surface area contributed by atoms with Crippen molar-refractivity contribution < 1.29 is 13.2 Å². The second kappa shape index (κ2) is 6.48. The van der Waals surface area contributed by atoms with Crippen LogP contribution in [0.1, 0.15) is 5.56 Å². The van der Waals surface area contributed by atoms with Gasteiger partial charge in [0.05, 0.1) is 22.3 Å². The maximum atomic E-state index is 12.7. The summed E-state index contributed by atoms with van der Waals surface area (Å²) in [4.78, 5) is 3.98. The number of aromatic nitrogens is 2. The van der Waals surface area contributed by atoms with Crippen LogP contribution in [0, 0.1) is 0 Å². The van der Waals surface area contributed by atoms with Gasteiger partial charge < -0.3 is 4.57 Å². The van der Waals surface area contributed by atoms with Gasteiger partial charge in [-0.15, -0.1) is 0 Å². The molecule has 142 valence electrons. The molecule has 0 atom stereocenters. The van der Waals surface area contributed by atoms with Gasteiger partial charge >= 0.3 is 6.18 Å². The maximum Gasteiger partial charge on any atom is 0.417 e. The van der Waals surface area contributed by atoms with E-state index in [9.17, 15) is 13.2 Å². The average Bonchev–Trinajstić information content (AvgIpc) is 3.08. The number of rotatable bonds is 2. The lowest BCUT2D eigenvalue weighted by Gasteiger charge is -2.10. The molecule has 0 aliphatic heterocycles. The first kappa shape index (κ1) is 17.5. The van der Waals surface area contributed by atoms with Gasteiger partial charge in [-0.05, 0) is 36.4 Å². The van der Waals surface area contributed by atoms with E-state index in [0.29, 0.717) is 5.69 Å². The van der Waals surface area contributed by atoms with Crippen LogP contribution in [0.4, 0.5) is 13.2 Å². The number of benzene rings is 3. The minimum atomic E-state index is -4.38. The van der Waals surface area contributed by atoms with Crippen molar-refractivity contribution in [2.24, 2.45) is 0 Å². The van der Waals surface area contributed by atoms with Crippen molar-refractivity contribution in [3.8, 4) is 16.9 Å². The van der Waals surface area contributed by atoms with Crippen molar-refractivity contribution in [1.29, 1.82) is 0 Å². The Kier molecular flexibility index (Phi) is 3.91. The number of pyridine rings is 1. The Labute approximate surface area is 164 Å². The molecule has 2 nitrogen and oxygen atoms in total. The van der Waals surface area contributed by atoms with Crippen LogP contribution in [0.2, 0.25) is 0 Å². The highest BCUT2D eigenvalue weighted by molar-refractivity contribution is 6.09. The zero-order chi connectivity index (χ0) is 20.0. The van der Waals surface area contributed by atoms with E-state index in [4.69, 9.17) is 0 Å². The fourth-order valence-corrected chi connectivity index (χ4v) is 3.71. The summed E-state index contributed by atoms with van der Waals surface area (Å²) in [6.07, 6.45) is -3.51. The molecule has 0 saturated heterocycles. The molecule has 0 bridgehead atoms. The number of nitrogens with zero attached hydrogens (tertiary/aromatic N) is 2. The SMILES string of the molecule is FC(F)(F)c1ccc(-c2ccc(-n3c4ccccc4c4ccccc43)cc2)nc1. The van der Waals surface area contributed by atoms with Gasteiger partial charge in [0.1, 0.15) is 0 Å². The summed E-state index contributed by atoms with van der Waals surface area (Å²) in [5.41, 5.74) is 3.72. The summed E-state index contributed by atoms with van der Waals surface area (Å²) in [6.45, 7) is 0. The number of hydrogen-bond acceptors (Lipinski definition) is 1. The molecule has 3 aromatic carbocycles. The number of para-hydroxylation sites is 2. The highest BCUT2D eigenvalue weighted by Crippen LogP contribution is 2.33. The van der Waals surface area contributed by atoms with E-state index in [1.165, 1.54) is 16.8 Å². The third kappa shape index (κ3) is 2.95. The van der Waals surface area contributed by atoms with E-state index in [1.54, 1.807) is 0 Å². The third-order valence-electron chi connectivity index (χ3n) is 5.09. The summed E-state index contributed by atoms with van der Waals surface area (Å²) in [5, 5.41) is 2.35. The molecular weight excluding hydrogens is 373 g/mol. The van der Waals surface area contributed by atoms with E-state index >= 15 is 0 Å². The lowest BCUT2D eigenvalue weighted by molar-refractivity contribution is -0.137. The van der Waals surface area contributed by atoms with E-state index in [2.05, 4.69) is 33.8 Å². The Morgan fingerprint density at radius 3 is 1.76 bits per heavy atom.